The van der Waals surface area contributed by atoms with Crippen LogP contribution in [0.25, 0.3) is 21.5 Å². The van der Waals surface area contributed by atoms with Crippen LogP contribution < -0.4 is 11.0 Å². The second-order valence-corrected chi connectivity index (χ2v) is 9.85. The van der Waals surface area contributed by atoms with Gasteiger partial charge in [0, 0.05) is 0 Å². The Balaban J connectivity index is 1.74. The summed E-state index contributed by atoms with van der Waals surface area (Å²) < 4.78 is 179. The molecule has 6 nitrogen and oxygen atoms in total. The van der Waals surface area contributed by atoms with Crippen molar-refractivity contribution in [3.8, 4) is 0 Å². The van der Waals surface area contributed by atoms with E-state index in [-0.39, 0.29) is 0 Å². The first kappa shape index (κ1) is 26.8. The maximum absolute atomic E-state index is 15.3. The summed E-state index contributed by atoms with van der Waals surface area (Å²) in [5.41, 5.74) is -4.58. The van der Waals surface area contributed by atoms with E-state index in [0.717, 1.165) is 0 Å². The summed E-state index contributed by atoms with van der Waals surface area (Å²) in [7, 11) is 0. The highest BCUT2D eigenvalue weighted by atomic mass is 35.5. The van der Waals surface area contributed by atoms with Crippen molar-refractivity contribution in [2.75, 3.05) is 0 Å². The number of amidine groups is 2. The maximum atomic E-state index is 15.3. The first-order valence-electron chi connectivity index (χ1n) is 11.7. The van der Waals surface area contributed by atoms with Gasteiger partial charge in [0.25, 0.3) is 0 Å². The molecule has 2 aromatic heterocycles. The van der Waals surface area contributed by atoms with E-state index in [1.165, 1.54) is 0 Å². The molecule has 5 heterocycles. The van der Waals surface area contributed by atoms with Crippen molar-refractivity contribution in [3.63, 3.8) is 0 Å². The number of halogens is 13. The summed E-state index contributed by atoms with van der Waals surface area (Å²) in [6.45, 7) is 0. The third-order valence-electron chi connectivity index (χ3n) is 7.33. The quantitative estimate of drug-likeness (QED) is 0.0909. The van der Waals surface area contributed by atoms with E-state index in [4.69, 9.17) is 11.5 Å². The van der Waals surface area contributed by atoms with Gasteiger partial charge < -0.3 is 8.96 Å². The lowest BCUT2D eigenvalue weighted by molar-refractivity contribution is 0.407. The minimum atomic E-state index is -2.39. The number of hydrogen-bond donors (Lipinski definition) is 0. The Bertz CT molecular complexity index is 2500. The van der Waals surface area contributed by atoms with Crippen molar-refractivity contribution >= 4 is 62.7 Å². The number of benzene rings is 3. The monoisotopic (exact) mass is 646 g/mol. The summed E-state index contributed by atoms with van der Waals surface area (Å²) in [5.74, 6) is -31.3. The standard InChI is InChI=1S/C24BClF12N6/c26-25-43-21-3-5(11(31)17(37)15(35)9(3)29)23(43)42-24-6-4(10(30)16(36)18(38)12(6)32)22(44(24)25)41-20-2-1(19(39-20)40-21)7(27)13(33)14(34)8(2)28/b40-19-,40-21?,41-20?,41-22-. The van der Waals surface area contributed by atoms with E-state index < -0.39 is 143 Å². The highest BCUT2D eigenvalue weighted by Crippen LogP contribution is 2.45. The molecule has 20 heteroatoms. The molecule has 0 unspecified atom stereocenters. The van der Waals surface area contributed by atoms with Crippen LogP contribution in [-0.4, -0.2) is 27.0 Å². The molecule has 0 aliphatic carbocycles. The predicted octanol–water partition coefficient (Wildman–Crippen LogP) is 5.62. The molecule has 3 aliphatic heterocycles. The van der Waals surface area contributed by atoms with Crippen LogP contribution in [0.4, 0.5) is 64.3 Å². The molecule has 0 amide bonds. The summed E-state index contributed by atoms with van der Waals surface area (Å²) in [6, 6.07) is 0. The number of aliphatic imine (C=N–C) groups is 2. The molecule has 0 fully saturated rings. The fourth-order valence-corrected chi connectivity index (χ4v) is 5.84. The highest BCUT2D eigenvalue weighted by Gasteiger charge is 2.42. The Kier molecular flexibility index (Phi) is 5.00. The van der Waals surface area contributed by atoms with E-state index >= 15 is 26.3 Å². The van der Waals surface area contributed by atoms with Crippen LogP contribution in [0, 0.1) is 69.8 Å². The van der Waals surface area contributed by atoms with Crippen LogP contribution in [0.15, 0.2) is 20.0 Å². The van der Waals surface area contributed by atoms with Gasteiger partial charge in [0.15, 0.2) is 81.5 Å². The molecule has 4 bridgehead atoms. The highest BCUT2D eigenvalue weighted by molar-refractivity contribution is 7.05. The average molecular weight is 647 g/mol. The first-order valence-corrected chi connectivity index (χ1v) is 12.1. The van der Waals surface area contributed by atoms with Crippen LogP contribution in [-0.2, 0) is 0 Å². The molecule has 0 saturated carbocycles. The van der Waals surface area contributed by atoms with Crippen LogP contribution in [0.1, 0.15) is 11.1 Å². The van der Waals surface area contributed by atoms with Crippen molar-refractivity contribution in [2.45, 2.75) is 0 Å². The van der Waals surface area contributed by atoms with E-state index in [2.05, 4.69) is 20.0 Å². The van der Waals surface area contributed by atoms with Gasteiger partial charge in [-0.05, 0) is 0 Å². The molecule has 0 saturated heterocycles. The molecule has 0 N–H and O–H groups in total. The Morgan fingerprint density at radius 2 is 0.750 bits per heavy atom. The second-order valence-electron chi connectivity index (χ2n) is 9.46. The first-order chi connectivity index (χ1) is 20.8. The summed E-state index contributed by atoms with van der Waals surface area (Å²) in [5, 5.41) is -4.95. The number of nitrogens with zero attached hydrogens (tertiary/aromatic N) is 6. The third-order valence-corrected chi connectivity index (χ3v) is 7.72. The summed E-state index contributed by atoms with van der Waals surface area (Å²) >= 11 is 6.54. The lowest BCUT2D eigenvalue weighted by atomic mass is 10.1. The normalized spacial score (nSPS) is 16.6. The summed E-state index contributed by atoms with van der Waals surface area (Å²) in [4.78, 5) is 15.1. The van der Waals surface area contributed by atoms with Crippen molar-refractivity contribution in [1.82, 2.24) is 8.96 Å². The molecule has 5 aromatic rings. The fraction of sp³-hybridized carbons (Fsp3) is 0. The van der Waals surface area contributed by atoms with E-state index in [0.29, 0.717) is 8.96 Å². The molecule has 3 aliphatic rings. The van der Waals surface area contributed by atoms with Crippen molar-refractivity contribution in [2.24, 2.45) is 20.0 Å². The molecule has 0 radical (unpaired) electrons. The lowest BCUT2D eigenvalue weighted by Crippen LogP contribution is -2.45. The topological polar surface area (TPSA) is 59.3 Å². The number of aromatic nitrogens is 2. The zero-order valence-electron chi connectivity index (χ0n) is 20.2. The van der Waals surface area contributed by atoms with Crippen molar-refractivity contribution in [1.29, 1.82) is 0 Å². The molecule has 220 valence electrons. The van der Waals surface area contributed by atoms with Crippen molar-refractivity contribution < 1.29 is 52.7 Å². The minimum Gasteiger partial charge on any atom is -0.319 e. The minimum absolute atomic E-state index is 0.490. The summed E-state index contributed by atoms with van der Waals surface area (Å²) in [6.07, 6.45) is -2.10. The number of rotatable bonds is 0. The number of hydrogen-bond acceptors (Lipinski definition) is 4. The van der Waals surface area contributed by atoms with Crippen LogP contribution in [0.5, 0.6) is 0 Å². The van der Waals surface area contributed by atoms with Gasteiger partial charge in [-0.2, -0.15) is 0 Å². The van der Waals surface area contributed by atoms with Gasteiger partial charge >= 0.3 is 6.40 Å². The maximum Gasteiger partial charge on any atom is 0.499 e. The predicted molar refractivity (Wildman–Crippen MR) is 127 cm³/mol. The van der Waals surface area contributed by atoms with Crippen LogP contribution >= 0.6 is 11.5 Å². The molecule has 8 rings (SSSR count). The van der Waals surface area contributed by atoms with Gasteiger partial charge in [-0.25, -0.2) is 72.7 Å². The van der Waals surface area contributed by atoms with E-state index in [9.17, 15) is 26.3 Å². The SMILES string of the molecule is Fc1c(F)c(F)c2c(c1F)C1=NC/2=N\c2c3c(F)c(F)c(F)c(F)c3c3n2B(Cl)n2c(c4c(F)c(F)c(F)c(F)c4/c2=N/1)=N3. The Morgan fingerprint density at radius 3 is 1.23 bits per heavy atom. The zero-order chi connectivity index (χ0) is 31.4. The van der Waals surface area contributed by atoms with Crippen LogP contribution in [0.2, 0.25) is 0 Å². The number of fused-ring (bicyclic) bond motifs is 10. The molecular weight excluding hydrogens is 647 g/mol. The Morgan fingerprint density at radius 1 is 0.386 bits per heavy atom. The Hall–Kier alpha value is -4.81. The smallest absolute Gasteiger partial charge is 0.319 e. The van der Waals surface area contributed by atoms with Gasteiger partial charge in [0.2, 0.25) is 0 Å². The van der Waals surface area contributed by atoms with Gasteiger partial charge in [-0.3, -0.25) is 0 Å². The van der Waals surface area contributed by atoms with Crippen molar-refractivity contribution in [3.05, 3.63) is 91.9 Å². The van der Waals surface area contributed by atoms with Gasteiger partial charge in [-0.1, -0.05) is 0 Å². The zero-order valence-corrected chi connectivity index (χ0v) is 20.9. The van der Waals surface area contributed by atoms with E-state index in [1.807, 2.05) is 0 Å². The second kappa shape index (κ2) is 8.22. The lowest BCUT2D eigenvalue weighted by Gasteiger charge is -2.18. The van der Waals surface area contributed by atoms with Gasteiger partial charge in [0.1, 0.15) is 22.6 Å². The molecular formula is C24BClF12N6. The largest absolute Gasteiger partial charge is 0.499 e. The molecule has 44 heavy (non-hydrogen) atoms. The average Bonchev–Trinajstić information content (AvgIpc) is 3.63. The van der Waals surface area contributed by atoms with E-state index in [1.54, 1.807) is 0 Å². The molecule has 0 spiro atoms. The van der Waals surface area contributed by atoms with Crippen LogP contribution in [0.3, 0.4) is 0 Å². The fourth-order valence-electron chi connectivity index (χ4n) is 5.47. The van der Waals surface area contributed by atoms with Gasteiger partial charge in [0.05, 0.1) is 32.7 Å². The van der Waals surface area contributed by atoms with Gasteiger partial charge in [-0.15, -0.1) is 11.5 Å². The Labute approximate surface area is 236 Å². The molecule has 3 aromatic carbocycles. The molecule has 0 atom stereocenters. The third kappa shape index (κ3) is 2.83.